The molecule has 1 aromatic rings. The zero-order chi connectivity index (χ0) is 12.5. The molecule has 0 aromatic carbocycles. The molecule has 1 rings (SSSR count). The molecule has 96 valence electrons. The largest absolute Gasteiger partial charge is 0.492 e. The second kappa shape index (κ2) is 8.03. The molecule has 1 unspecified atom stereocenters. The lowest BCUT2D eigenvalue weighted by Crippen LogP contribution is -2.17. The Balaban J connectivity index is 2.63. The first-order valence-electron chi connectivity index (χ1n) is 6.05. The van der Waals surface area contributed by atoms with Gasteiger partial charge >= 0.3 is 0 Å². The number of nitrogens with zero attached hydrogens (tertiary/aromatic N) is 1. The summed E-state index contributed by atoms with van der Waals surface area (Å²) < 4.78 is 10.5. The van der Waals surface area contributed by atoms with E-state index in [4.69, 9.17) is 9.47 Å². The maximum atomic E-state index is 5.45. The maximum absolute atomic E-state index is 5.45. The summed E-state index contributed by atoms with van der Waals surface area (Å²) in [5.41, 5.74) is 1.16. The van der Waals surface area contributed by atoms with Gasteiger partial charge in [0.25, 0.3) is 0 Å². The van der Waals surface area contributed by atoms with Crippen molar-refractivity contribution in [2.24, 2.45) is 0 Å². The van der Waals surface area contributed by atoms with Gasteiger partial charge < -0.3 is 14.8 Å². The summed E-state index contributed by atoms with van der Waals surface area (Å²) in [6.45, 7) is 3.43. The number of pyridine rings is 1. The van der Waals surface area contributed by atoms with E-state index in [0.29, 0.717) is 12.6 Å². The monoisotopic (exact) mass is 238 g/mol. The molecule has 0 aliphatic rings. The molecule has 0 aliphatic carbocycles. The van der Waals surface area contributed by atoms with E-state index in [0.717, 1.165) is 30.8 Å². The van der Waals surface area contributed by atoms with Crippen molar-refractivity contribution in [1.82, 2.24) is 10.3 Å². The predicted molar refractivity (Wildman–Crippen MR) is 68.3 cm³/mol. The van der Waals surface area contributed by atoms with Gasteiger partial charge in [-0.3, -0.25) is 4.98 Å². The van der Waals surface area contributed by atoms with Gasteiger partial charge in [-0.1, -0.05) is 0 Å². The van der Waals surface area contributed by atoms with Gasteiger partial charge in [0.2, 0.25) is 0 Å². The summed E-state index contributed by atoms with van der Waals surface area (Å²) in [7, 11) is 3.69. The molecular weight excluding hydrogens is 216 g/mol. The molecule has 0 bridgehead atoms. The lowest BCUT2D eigenvalue weighted by molar-refractivity contribution is 0.189. The van der Waals surface area contributed by atoms with Gasteiger partial charge in [0.05, 0.1) is 12.8 Å². The van der Waals surface area contributed by atoms with Crippen LogP contribution in [0.5, 0.6) is 5.75 Å². The molecule has 0 amide bonds. The van der Waals surface area contributed by atoms with Gasteiger partial charge in [0, 0.05) is 26.0 Å². The maximum Gasteiger partial charge on any atom is 0.137 e. The highest BCUT2D eigenvalue weighted by Crippen LogP contribution is 2.21. The Morgan fingerprint density at radius 1 is 1.41 bits per heavy atom. The van der Waals surface area contributed by atoms with Crippen molar-refractivity contribution >= 4 is 0 Å². The normalized spacial score (nSPS) is 12.4. The van der Waals surface area contributed by atoms with Gasteiger partial charge in [-0.15, -0.1) is 0 Å². The second-order valence-electron chi connectivity index (χ2n) is 3.86. The van der Waals surface area contributed by atoms with Gasteiger partial charge in [-0.2, -0.15) is 0 Å². The van der Waals surface area contributed by atoms with Crippen LogP contribution in [0, 0.1) is 0 Å². The first kappa shape index (κ1) is 13.9. The molecule has 4 nitrogen and oxygen atoms in total. The van der Waals surface area contributed by atoms with Gasteiger partial charge in [0.15, 0.2) is 0 Å². The molecule has 4 heteroatoms. The van der Waals surface area contributed by atoms with Gasteiger partial charge in [-0.25, -0.2) is 0 Å². The molecule has 1 aromatic heterocycles. The van der Waals surface area contributed by atoms with E-state index in [9.17, 15) is 0 Å². The standard InChI is InChI=1S/C13H22N2O2/c1-4-17-12-8-11(9-15-10-12)13(14-2)6-5-7-16-3/h8-10,13-14H,4-7H2,1-3H3. The Bertz CT molecular complexity index is 318. The molecule has 0 fully saturated rings. The molecule has 0 radical (unpaired) electrons. The predicted octanol–water partition coefficient (Wildman–Crippen LogP) is 2.17. The summed E-state index contributed by atoms with van der Waals surface area (Å²) in [6, 6.07) is 2.35. The zero-order valence-corrected chi connectivity index (χ0v) is 10.9. The smallest absolute Gasteiger partial charge is 0.137 e. The SMILES string of the molecule is CCOc1cncc(C(CCCOC)NC)c1. The lowest BCUT2D eigenvalue weighted by atomic mass is 10.0. The number of hydrogen-bond donors (Lipinski definition) is 1. The van der Waals surface area contributed by atoms with Crippen LogP contribution in [0.15, 0.2) is 18.5 Å². The van der Waals surface area contributed by atoms with E-state index in [1.807, 2.05) is 26.2 Å². The molecule has 1 N–H and O–H groups in total. The molecule has 0 aliphatic heterocycles. The Morgan fingerprint density at radius 3 is 2.88 bits per heavy atom. The average molecular weight is 238 g/mol. The van der Waals surface area contributed by atoms with Crippen LogP contribution in [0.4, 0.5) is 0 Å². The minimum atomic E-state index is 0.304. The van der Waals surface area contributed by atoms with Crippen molar-refractivity contribution in [3.05, 3.63) is 24.0 Å². The number of methoxy groups -OCH3 is 1. The van der Waals surface area contributed by atoms with E-state index in [1.54, 1.807) is 13.3 Å². The highest BCUT2D eigenvalue weighted by Gasteiger charge is 2.10. The average Bonchev–Trinajstić information content (AvgIpc) is 2.35. The summed E-state index contributed by atoms with van der Waals surface area (Å²) in [5, 5.41) is 3.30. The molecule has 0 spiro atoms. The minimum Gasteiger partial charge on any atom is -0.492 e. The van der Waals surface area contributed by atoms with E-state index in [2.05, 4.69) is 10.3 Å². The third-order valence-electron chi connectivity index (χ3n) is 2.64. The van der Waals surface area contributed by atoms with Gasteiger partial charge in [-0.05, 0) is 38.4 Å². The van der Waals surface area contributed by atoms with Crippen LogP contribution in [0.25, 0.3) is 0 Å². The molecule has 0 saturated heterocycles. The topological polar surface area (TPSA) is 43.4 Å². The fourth-order valence-corrected chi connectivity index (χ4v) is 1.78. The molecule has 17 heavy (non-hydrogen) atoms. The molecule has 1 atom stereocenters. The van der Waals surface area contributed by atoms with Crippen LogP contribution in [0.2, 0.25) is 0 Å². The number of nitrogens with one attached hydrogen (secondary N) is 1. The summed E-state index contributed by atoms with van der Waals surface area (Å²) in [6.07, 6.45) is 5.69. The van der Waals surface area contributed by atoms with E-state index < -0.39 is 0 Å². The third kappa shape index (κ3) is 4.71. The molecule has 0 saturated carbocycles. The first-order chi connectivity index (χ1) is 8.31. The van der Waals surface area contributed by atoms with Crippen molar-refractivity contribution in [2.45, 2.75) is 25.8 Å². The van der Waals surface area contributed by atoms with Crippen molar-refractivity contribution in [3.8, 4) is 5.75 Å². The van der Waals surface area contributed by atoms with Crippen LogP contribution < -0.4 is 10.1 Å². The van der Waals surface area contributed by atoms with Gasteiger partial charge in [0.1, 0.15) is 5.75 Å². The number of ether oxygens (including phenoxy) is 2. The van der Waals surface area contributed by atoms with Crippen LogP contribution in [-0.4, -0.2) is 32.4 Å². The fourth-order valence-electron chi connectivity index (χ4n) is 1.78. The number of hydrogen-bond acceptors (Lipinski definition) is 4. The number of aromatic nitrogens is 1. The highest BCUT2D eigenvalue weighted by atomic mass is 16.5. The summed E-state index contributed by atoms with van der Waals surface area (Å²) >= 11 is 0. The van der Waals surface area contributed by atoms with E-state index >= 15 is 0 Å². The Labute approximate surface area is 103 Å². The summed E-state index contributed by atoms with van der Waals surface area (Å²) in [5.74, 6) is 0.831. The molecular formula is C13H22N2O2. The highest BCUT2D eigenvalue weighted by molar-refractivity contribution is 5.25. The fraction of sp³-hybridized carbons (Fsp3) is 0.615. The minimum absolute atomic E-state index is 0.304. The molecule has 1 heterocycles. The lowest BCUT2D eigenvalue weighted by Gasteiger charge is -2.16. The Kier molecular flexibility index (Phi) is 6.58. The summed E-state index contributed by atoms with van der Waals surface area (Å²) in [4.78, 5) is 4.20. The van der Waals surface area contributed by atoms with Crippen molar-refractivity contribution in [1.29, 1.82) is 0 Å². The number of rotatable bonds is 8. The zero-order valence-electron chi connectivity index (χ0n) is 10.9. The van der Waals surface area contributed by atoms with Crippen LogP contribution >= 0.6 is 0 Å². The quantitative estimate of drug-likeness (QED) is 0.705. The Hall–Kier alpha value is -1.13. The van der Waals surface area contributed by atoms with Crippen LogP contribution in [-0.2, 0) is 4.74 Å². The third-order valence-corrected chi connectivity index (χ3v) is 2.64. The van der Waals surface area contributed by atoms with Crippen LogP contribution in [0.3, 0.4) is 0 Å². The van der Waals surface area contributed by atoms with E-state index in [-0.39, 0.29) is 0 Å². The van der Waals surface area contributed by atoms with Crippen molar-refractivity contribution in [3.63, 3.8) is 0 Å². The second-order valence-corrected chi connectivity index (χ2v) is 3.86. The van der Waals surface area contributed by atoms with Crippen LogP contribution in [0.1, 0.15) is 31.4 Å². The van der Waals surface area contributed by atoms with Crippen molar-refractivity contribution in [2.75, 3.05) is 27.4 Å². The first-order valence-corrected chi connectivity index (χ1v) is 6.05. The van der Waals surface area contributed by atoms with E-state index in [1.165, 1.54) is 0 Å². The Morgan fingerprint density at radius 2 is 2.24 bits per heavy atom. The van der Waals surface area contributed by atoms with Crippen molar-refractivity contribution < 1.29 is 9.47 Å².